The topological polar surface area (TPSA) is 44.5 Å². The van der Waals surface area contributed by atoms with Crippen LogP contribution in [0.2, 0.25) is 0 Å². The maximum absolute atomic E-state index is 5.53. The number of likely N-dealkylation sites (N-methyl/N-ethyl adjacent to an activating group) is 1. The van der Waals surface area contributed by atoms with Crippen LogP contribution < -0.4 is 10.2 Å². The van der Waals surface area contributed by atoms with Gasteiger partial charge >= 0.3 is 0 Å². The van der Waals surface area contributed by atoms with Crippen molar-refractivity contribution >= 4 is 6.01 Å². The molecule has 0 saturated carbocycles. The first-order chi connectivity index (χ1) is 8.15. The number of nitrogens with zero attached hydrogens (tertiary/aromatic N) is 3. The minimum Gasteiger partial charge on any atom is -0.432 e. The van der Waals surface area contributed by atoms with Crippen LogP contribution in [0.15, 0.2) is 10.7 Å². The van der Waals surface area contributed by atoms with Crippen molar-refractivity contribution in [3.8, 4) is 0 Å². The first kappa shape index (κ1) is 12.4. The van der Waals surface area contributed by atoms with Crippen molar-refractivity contribution < 1.29 is 4.42 Å². The van der Waals surface area contributed by atoms with Gasteiger partial charge in [-0.2, -0.15) is 4.98 Å². The number of rotatable bonds is 4. The predicted octanol–water partition coefficient (Wildman–Crippen LogP) is 0.924. The number of piperazine rings is 1. The highest BCUT2D eigenvalue weighted by Crippen LogP contribution is 2.15. The molecule has 0 amide bonds. The van der Waals surface area contributed by atoms with Crippen LogP contribution in [0.1, 0.15) is 19.5 Å². The second kappa shape index (κ2) is 5.51. The van der Waals surface area contributed by atoms with Crippen molar-refractivity contribution in [1.82, 2.24) is 15.2 Å². The molecular formula is C12H22N4O. The predicted molar refractivity (Wildman–Crippen MR) is 68.2 cm³/mol. The highest BCUT2D eigenvalue weighted by atomic mass is 16.4. The van der Waals surface area contributed by atoms with Crippen LogP contribution in [-0.4, -0.2) is 49.2 Å². The van der Waals surface area contributed by atoms with Gasteiger partial charge in [0, 0.05) is 38.8 Å². The number of aromatic nitrogens is 1. The lowest BCUT2D eigenvalue weighted by Crippen LogP contribution is -2.44. The summed E-state index contributed by atoms with van der Waals surface area (Å²) in [7, 11) is 2.14. The van der Waals surface area contributed by atoms with E-state index >= 15 is 0 Å². The Morgan fingerprint density at radius 2 is 2.06 bits per heavy atom. The Morgan fingerprint density at radius 1 is 1.35 bits per heavy atom. The molecule has 2 heterocycles. The smallest absolute Gasteiger partial charge is 0.297 e. The number of anilines is 1. The molecule has 0 radical (unpaired) electrons. The Hall–Kier alpha value is -1.07. The van der Waals surface area contributed by atoms with Crippen molar-refractivity contribution in [3.63, 3.8) is 0 Å². The van der Waals surface area contributed by atoms with E-state index in [1.807, 2.05) is 0 Å². The summed E-state index contributed by atoms with van der Waals surface area (Å²) in [6.07, 6.45) is 1.75. The molecular weight excluding hydrogens is 216 g/mol. The van der Waals surface area contributed by atoms with Gasteiger partial charge in [0.25, 0.3) is 6.01 Å². The van der Waals surface area contributed by atoms with E-state index < -0.39 is 0 Å². The lowest BCUT2D eigenvalue weighted by molar-refractivity contribution is 0.305. The molecule has 1 N–H and O–H groups in total. The molecule has 0 atom stereocenters. The average molecular weight is 238 g/mol. The normalized spacial score (nSPS) is 18.0. The number of oxazole rings is 1. The van der Waals surface area contributed by atoms with Gasteiger partial charge in [-0.25, -0.2) is 0 Å². The summed E-state index contributed by atoms with van der Waals surface area (Å²) in [6.45, 7) is 9.16. The van der Waals surface area contributed by atoms with Crippen LogP contribution in [-0.2, 0) is 6.54 Å². The number of nitrogens with one attached hydrogen (secondary N) is 1. The van der Waals surface area contributed by atoms with Crippen molar-refractivity contribution in [3.05, 3.63) is 12.0 Å². The fourth-order valence-corrected chi connectivity index (χ4v) is 1.83. The van der Waals surface area contributed by atoms with Crippen LogP contribution in [0.5, 0.6) is 0 Å². The first-order valence-electron chi connectivity index (χ1n) is 6.26. The molecule has 1 aliphatic rings. The van der Waals surface area contributed by atoms with E-state index in [2.05, 4.69) is 41.0 Å². The Labute approximate surface area is 103 Å². The minimum absolute atomic E-state index is 0.471. The van der Waals surface area contributed by atoms with Gasteiger partial charge < -0.3 is 19.5 Å². The maximum atomic E-state index is 5.53. The Kier molecular flexibility index (Phi) is 4.02. The SMILES string of the molecule is CC(C)NCc1coc(N2CCN(C)CC2)n1. The fourth-order valence-electron chi connectivity index (χ4n) is 1.83. The molecule has 1 aromatic rings. The number of hydrogen-bond acceptors (Lipinski definition) is 5. The van der Waals surface area contributed by atoms with Crippen molar-refractivity contribution in [2.75, 3.05) is 38.1 Å². The van der Waals surface area contributed by atoms with E-state index in [0.29, 0.717) is 6.04 Å². The molecule has 0 aromatic carbocycles. The molecule has 1 aromatic heterocycles. The molecule has 0 unspecified atom stereocenters. The van der Waals surface area contributed by atoms with Gasteiger partial charge in [0.15, 0.2) is 0 Å². The third-order valence-electron chi connectivity index (χ3n) is 3.00. The average Bonchev–Trinajstić information content (AvgIpc) is 2.76. The molecule has 5 heteroatoms. The molecule has 0 aliphatic carbocycles. The second-order valence-electron chi connectivity index (χ2n) is 4.95. The van der Waals surface area contributed by atoms with E-state index in [4.69, 9.17) is 4.42 Å². The van der Waals surface area contributed by atoms with E-state index in [1.54, 1.807) is 6.26 Å². The fraction of sp³-hybridized carbons (Fsp3) is 0.750. The maximum Gasteiger partial charge on any atom is 0.297 e. The minimum atomic E-state index is 0.471. The molecule has 0 spiro atoms. The standard InChI is InChI=1S/C12H22N4O/c1-10(2)13-8-11-9-17-12(14-11)16-6-4-15(3)5-7-16/h9-10,13H,4-8H2,1-3H3. The Balaban J connectivity index is 1.89. The largest absolute Gasteiger partial charge is 0.432 e. The van der Waals surface area contributed by atoms with Gasteiger partial charge in [0.05, 0.1) is 5.69 Å². The van der Waals surface area contributed by atoms with Gasteiger partial charge in [0.1, 0.15) is 6.26 Å². The molecule has 1 fully saturated rings. The molecule has 5 nitrogen and oxygen atoms in total. The third kappa shape index (κ3) is 3.44. The summed E-state index contributed by atoms with van der Waals surface area (Å²) in [4.78, 5) is 9.04. The molecule has 96 valence electrons. The molecule has 2 rings (SSSR count). The zero-order valence-corrected chi connectivity index (χ0v) is 10.9. The van der Waals surface area contributed by atoms with Crippen LogP contribution in [0.3, 0.4) is 0 Å². The highest BCUT2D eigenvalue weighted by molar-refractivity contribution is 5.27. The number of hydrogen-bond donors (Lipinski definition) is 1. The van der Waals surface area contributed by atoms with Gasteiger partial charge in [-0.1, -0.05) is 13.8 Å². The first-order valence-corrected chi connectivity index (χ1v) is 6.26. The zero-order valence-electron chi connectivity index (χ0n) is 10.9. The Morgan fingerprint density at radius 3 is 2.71 bits per heavy atom. The highest BCUT2D eigenvalue weighted by Gasteiger charge is 2.18. The van der Waals surface area contributed by atoms with Crippen molar-refractivity contribution in [2.45, 2.75) is 26.4 Å². The molecule has 0 bridgehead atoms. The van der Waals surface area contributed by atoms with E-state index in [-0.39, 0.29) is 0 Å². The molecule has 17 heavy (non-hydrogen) atoms. The van der Waals surface area contributed by atoms with Gasteiger partial charge in [-0.15, -0.1) is 0 Å². The summed E-state index contributed by atoms with van der Waals surface area (Å²) in [5, 5.41) is 3.34. The second-order valence-corrected chi connectivity index (χ2v) is 4.95. The monoisotopic (exact) mass is 238 g/mol. The third-order valence-corrected chi connectivity index (χ3v) is 3.00. The van der Waals surface area contributed by atoms with E-state index in [9.17, 15) is 0 Å². The zero-order chi connectivity index (χ0) is 12.3. The van der Waals surface area contributed by atoms with Crippen LogP contribution in [0, 0.1) is 0 Å². The Bertz CT molecular complexity index is 342. The van der Waals surface area contributed by atoms with Crippen LogP contribution in [0.25, 0.3) is 0 Å². The van der Waals surface area contributed by atoms with Gasteiger partial charge in [-0.3, -0.25) is 0 Å². The summed E-state index contributed by atoms with van der Waals surface area (Å²) in [5.74, 6) is 0. The summed E-state index contributed by atoms with van der Waals surface area (Å²) < 4.78 is 5.53. The quantitative estimate of drug-likeness (QED) is 0.845. The summed E-state index contributed by atoms with van der Waals surface area (Å²) >= 11 is 0. The lowest BCUT2D eigenvalue weighted by Gasteiger charge is -2.31. The summed E-state index contributed by atoms with van der Waals surface area (Å²) in [6, 6.07) is 1.23. The molecule has 1 saturated heterocycles. The van der Waals surface area contributed by atoms with Crippen LogP contribution >= 0.6 is 0 Å². The van der Waals surface area contributed by atoms with Crippen molar-refractivity contribution in [1.29, 1.82) is 0 Å². The van der Waals surface area contributed by atoms with Crippen molar-refractivity contribution in [2.24, 2.45) is 0 Å². The van der Waals surface area contributed by atoms with E-state index in [1.165, 1.54) is 0 Å². The molecule has 1 aliphatic heterocycles. The lowest BCUT2D eigenvalue weighted by atomic mass is 10.3. The summed E-state index contributed by atoms with van der Waals surface area (Å²) in [5.41, 5.74) is 0.979. The van der Waals surface area contributed by atoms with Crippen LogP contribution in [0.4, 0.5) is 6.01 Å². The van der Waals surface area contributed by atoms with Gasteiger partial charge in [-0.05, 0) is 7.05 Å². The van der Waals surface area contributed by atoms with E-state index in [0.717, 1.165) is 44.4 Å². The van der Waals surface area contributed by atoms with Gasteiger partial charge in [0.2, 0.25) is 0 Å².